The van der Waals surface area contributed by atoms with Crippen LogP contribution in [0.4, 0.5) is 27.8 Å². The molecule has 2 atom stereocenters. The van der Waals surface area contributed by atoms with Crippen LogP contribution in [0.3, 0.4) is 0 Å². The lowest BCUT2D eigenvalue weighted by molar-refractivity contribution is -0.137. The lowest BCUT2D eigenvalue weighted by Crippen LogP contribution is -2.55. The number of benzene rings is 2. The Morgan fingerprint density at radius 2 is 1.71 bits per heavy atom. The summed E-state index contributed by atoms with van der Waals surface area (Å²) in [5, 5.41) is 3.56. The molecule has 0 saturated carbocycles. The molecule has 0 aliphatic carbocycles. The molecule has 6 rings (SSSR count). The molecule has 4 heterocycles. The number of aromatic nitrogens is 3. The Kier molecular flexibility index (Phi) is 8.91. The van der Waals surface area contributed by atoms with E-state index in [0.29, 0.717) is 36.8 Å². The molecule has 0 bridgehead atoms. The highest BCUT2D eigenvalue weighted by molar-refractivity contribution is 9.10. The van der Waals surface area contributed by atoms with Crippen molar-refractivity contribution in [2.24, 2.45) is 0 Å². The Hall–Kier alpha value is -3.03. The number of aryl methyl sites for hydroxylation is 1. The van der Waals surface area contributed by atoms with Crippen molar-refractivity contribution in [3.8, 4) is 11.1 Å². The third kappa shape index (κ3) is 6.18. The number of hydrogen-bond donors (Lipinski definition) is 1. The van der Waals surface area contributed by atoms with Gasteiger partial charge in [-0.1, -0.05) is 6.07 Å². The summed E-state index contributed by atoms with van der Waals surface area (Å²) in [6.45, 7) is 5.10. The van der Waals surface area contributed by atoms with Crippen LogP contribution < -0.4 is 15.9 Å². The number of nitrogens with one attached hydrogen (secondary N) is 1. The van der Waals surface area contributed by atoms with E-state index in [4.69, 9.17) is 0 Å². The van der Waals surface area contributed by atoms with E-state index in [1.165, 1.54) is 4.57 Å². The van der Waals surface area contributed by atoms with Crippen molar-refractivity contribution in [2.45, 2.75) is 50.0 Å². The zero-order chi connectivity index (χ0) is 30.2. The third-order valence-electron chi connectivity index (χ3n) is 6.98. The zero-order valence-corrected chi connectivity index (χ0v) is 25.1. The van der Waals surface area contributed by atoms with Gasteiger partial charge in [0.25, 0.3) is 0 Å². The van der Waals surface area contributed by atoms with Crippen LogP contribution in [0.15, 0.2) is 63.0 Å². The smallest absolute Gasteiger partial charge is 0.353 e. The fourth-order valence-corrected chi connectivity index (χ4v) is 6.94. The van der Waals surface area contributed by atoms with Crippen molar-refractivity contribution in [2.75, 3.05) is 23.7 Å². The van der Waals surface area contributed by atoms with Gasteiger partial charge in [0, 0.05) is 71.6 Å². The maximum atomic E-state index is 15.0. The van der Waals surface area contributed by atoms with Crippen molar-refractivity contribution < 1.29 is 22.0 Å². The van der Waals surface area contributed by atoms with Crippen LogP contribution in [-0.4, -0.2) is 45.5 Å². The number of hydrogen-bond acceptors (Lipinski definition) is 6. The van der Waals surface area contributed by atoms with Gasteiger partial charge in [-0.25, -0.2) is 13.6 Å². The van der Waals surface area contributed by atoms with E-state index in [1.54, 1.807) is 12.4 Å². The molecule has 13 heteroatoms. The van der Waals surface area contributed by atoms with E-state index in [9.17, 15) is 22.4 Å². The molecule has 42 heavy (non-hydrogen) atoms. The fraction of sp³-hybridized carbons (Fsp3) is 0.345. The highest BCUT2D eigenvalue weighted by Crippen LogP contribution is 2.49. The van der Waals surface area contributed by atoms with Gasteiger partial charge in [-0.05, 0) is 66.2 Å². The summed E-state index contributed by atoms with van der Waals surface area (Å²) in [4.78, 5) is 23.2. The Bertz CT molecular complexity index is 1630. The Morgan fingerprint density at radius 3 is 2.31 bits per heavy atom. The Morgan fingerprint density at radius 1 is 1.02 bits per heavy atom. The molecule has 1 saturated heterocycles. The zero-order valence-electron chi connectivity index (χ0n) is 22.7. The predicted molar refractivity (Wildman–Crippen MR) is 158 cm³/mol. The molecular formula is C29H27BrF5N5OS. The molecule has 2 aliphatic rings. The summed E-state index contributed by atoms with van der Waals surface area (Å²) in [5.74, 6) is -1.43. The van der Waals surface area contributed by atoms with Crippen molar-refractivity contribution in [1.29, 1.82) is 0 Å². The van der Waals surface area contributed by atoms with Gasteiger partial charge in [0.15, 0.2) is 0 Å². The van der Waals surface area contributed by atoms with E-state index in [-0.39, 0.29) is 44.8 Å². The summed E-state index contributed by atoms with van der Waals surface area (Å²) in [6.07, 6.45) is -0.823. The average Bonchev–Trinajstić information content (AvgIpc) is 3.17. The number of alkyl halides is 3. The lowest BCUT2D eigenvalue weighted by atomic mass is 9.95. The van der Waals surface area contributed by atoms with E-state index >= 15 is 4.39 Å². The van der Waals surface area contributed by atoms with Gasteiger partial charge in [-0.15, -0.1) is 11.8 Å². The van der Waals surface area contributed by atoms with Gasteiger partial charge in [-0.2, -0.15) is 18.2 Å². The molecule has 222 valence electrons. The number of halogens is 6. The SMILES string of the molecule is CC1CN(c2nc(=O)n3c4c(c(-c5cc(Br)c(F)cc5F)c(C(F)(F)F)cc24)SCCC3)CC(C)N1.c1ccncc1. The van der Waals surface area contributed by atoms with E-state index in [1.807, 2.05) is 36.9 Å². The lowest BCUT2D eigenvalue weighted by Gasteiger charge is -2.37. The van der Waals surface area contributed by atoms with E-state index < -0.39 is 34.6 Å². The van der Waals surface area contributed by atoms with Gasteiger partial charge in [0.1, 0.15) is 17.5 Å². The highest BCUT2D eigenvalue weighted by atomic mass is 79.9. The van der Waals surface area contributed by atoms with Crippen LogP contribution in [0, 0.1) is 11.6 Å². The van der Waals surface area contributed by atoms with Crippen LogP contribution in [0.2, 0.25) is 0 Å². The Balaban J connectivity index is 0.000000524. The molecule has 1 fully saturated rings. The summed E-state index contributed by atoms with van der Waals surface area (Å²) < 4.78 is 73.9. The second kappa shape index (κ2) is 12.3. The van der Waals surface area contributed by atoms with Crippen LogP contribution >= 0.6 is 27.7 Å². The van der Waals surface area contributed by atoms with Crippen molar-refractivity contribution in [3.63, 3.8) is 0 Å². The topological polar surface area (TPSA) is 63.1 Å². The largest absolute Gasteiger partial charge is 0.417 e. The second-order valence-corrected chi connectivity index (χ2v) is 12.2. The van der Waals surface area contributed by atoms with Gasteiger partial charge in [0.05, 0.1) is 15.6 Å². The van der Waals surface area contributed by atoms with E-state index in [2.05, 4.69) is 31.2 Å². The monoisotopic (exact) mass is 667 g/mol. The molecule has 0 spiro atoms. The van der Waals surface area contributed by atoms with Gasteiger partial charge in [-0.3, -0.25) is 9.55 Å². The molecule has 2 aromatic carbocycles. The number of thioether (sulfide) groups is 1. The first-order valence-electron chi connectivity index (χ1n) is 13.3. The van der Waals surface area contributed by atoms with Gasteiger partial charge >= 0.3 is 11.9 Å². The number of anilines is 1. The molecule has 0 amide bonds. The molecule has 2 aromatic heterocycles. The molecule has 1 N–H and O–H groups in total. The molecular weight excluding hydrogens is 641 g/mol. The molecule has 0 radical (unpaired) electrons. The molecule has 4 aromatic rings. The number of pyridine rings is 1. The van der Waals surface area contributed by atoms with Crippen LogP contribution in [0.1, 0.15) is 25.8 Å². The highest BCUT2D eigenvalue weighted by Gasteiger charge is 2.39. The second-order valence-electron chi connectivity index (χ2n) is 10.2. The van der Waals surface area contributed by atoms with Crippen LogP contribution in [0.25, 0.3) is 22.0 Å². The summed E-state index contributed by atoms with van der Waals surface area (Å²) in [5.41, 5.74) is -2.10. The maximum Gasteiger partial charge on any atom is 0.417 e. The average molecular weight is 669 g/mol. The molecule has 2 aliphatic heterocycles. The van der Waals surface area contributed by atoms with Crippen molar-refractivity contribution in [3.05, 3.63) is 80.9 Å². The minimum atomic E-state index is -4.84. The first-order chi connectivity index (χ1) is 20.0. The normalized spacial score (nSPS) is 18.8. The summed E-state index contributed by atoms with van der Waals surface area (Å²) in [6, 6.07) is 8.33. The van der Waals surface area contributed by atoms with Crippen molar-refractivity contribution >= 4 is 44.4 Å². The fourth-order valence-electron chi connectivity index (χ4n) is 5.40. The summed E-state index contributed by atoms with van der Waals surface area (Å²) in [7, 11) is 0. The van der Waals surface area contributed by atoms with E-state index in [0.717, 1.165) is 23.9 Å². The number of piperazine rings is 1. The van der Waals surface area contributed by atoms with Gasteiger partial charge < -0.3 is 10.2 Å². The quantitative estimate of drug-likeness (QED) is 0.186. The standard InChI is InChI=1S/C24H22BrF5N4OS.C5H5N/c1-11-9-33(10-12(2)31-11)22-14-6-15(24(28,29)30)19(13-7-16(25)18(27)8-17(13)26)21-20(14)34(23(35)32-22)4-3-5-36-21;1-2-4-6-5-3-1/h6-8,11-12,31H,3-5,9-10H2,1-2H3;1-5H. The van der Waals surface area contributed by atoms with Crippen LogP contribution in [0.5, 0.6) is 0 Å². The first-order valence-corrected chi connectivity index (χ1v) is 15.1. The number of nitrogens with zero attached hydrogens (tertiary/aromatic N) is 4. The maximum absolute atomic E-state index is 15.0. The number of rotatable bonds is 2. The minimum absolute atomic E-state index is 0.0320. The first kappa shape index (κ1) is 30.4. The Labute approximate surface area is 251 Å². The third-order valence-corrected chi connectivity index (χ3v) is 8.77. The van der Waals surface area contributed by atoms with Crippen LogP contribution in [-0.2, 0) is 12.7 Å². The molecule has 6 nitrogen and oxygen atoms in total. The van der Waals surface area contributed by atoms with Crippen molar-refractivity contribution in [1.82, 2.24) is 19.9 Å². The predicted octanol–water partition coefficient (Wildman–Crippen LogP) is 6.89. The minimum Gasteiger partial charge on any atom is -0.353 e. The molecule has 2 unspecified atom stereocenters. The van der Waals surface area contributed by atoms with Gasteiger partial charge in [0.2, 0.25) is 0 Å². The summed E-state index contributed by atoms with van der Waals surface area (Å²) >= 11 is 4.12.